The number of benzene rings is 1. The summed E-state index contributed by atoms with van der Waals surface area (Å²) < 4.78 is 15.8. The lowest BCUT2D eigenvalue weighted by Gasteiger charge is -2.29. The van der Waals surface area contributed by atoms with E-state index in [1.54, 1.807) is 12.1 Å². The smallest absolute Gasteiger partial charge is 0.305 e. The van der Waals surface area contributed by atoms with Crippen LogP contribution in [0.4, 0.5) is 0 Å². The number of hydrogen-bond donors (Lipinski definition) is 2. The standard InChI is InChI=1S/C23H26N2O8/c26-20-7-6-19(22(29)24-20)25-15-18-16(3-1-5-17(18)23(25)30)4-2-9-31-11-13-33-14-12-32-10-8-21(27)28/h1,3,5,19H,6-15H2,(H,27,28)(H,24,26,29). The zero-order chi connectivity index (χ0) is 23.6. The lowest BCUT2D eigenvalue weighted by Crippen LogP contribution is -2.52. The SMILES string of the molecule is O=C(O)CCOCCOCCOCC#Cc1cccc2c1CN(C1CCC(=O)NC1=O)C2=O. The van der Waals surface area contributed by atoms with Crippen molar-refractivity contribution in [3.05, 3.63) is 34.9 Å². The van der Waals surface area contributed by atoms with E-state index in [0.29, 0.717) is 44.0 Å². The molecule has 10 heteroatoms. The number of carboxylic acid groups (broad SMARTS) is 1. The molecule has 0 aromatic heterocycles. The zero-order valence-corrected chi connectivity index (χ0v) is 18.1. The average Bonchev–Trinajstić information content (AvgIpc) is 3.11. The van der Waals surface area contributed by atoms with Gasteiger partial charge >= 0.3 is 5.97 Å². The molecule has 1 unspecified atom stereocenters. The summed E-state index contributed by atoms with van der Waals surface area (Å²) in [6.07, 6.45) is 0.493. The number of carboxylic acids is 1. The van der Waals surface area contributed by atoms with Crippen LogP contribution in [0, 0.1) is 11.8 Å². The van der Waals surface area contributed by atoms with Crippen LogP contribution in [0.25, 0.3) is 0 Å². The summed E-state index contributed by atoms with van der Waals surface area (Å²) in [6, 6.07) is 4.63. The number of imide groups is 1. The second-order valence-corrected chi connectivity index (χ2v) is 7.45. The van der Waals surface area contributed by atoms with Crippen LogP contribution in [0.1, 0.15) is 40.7 Å². The minimum absolute atomic E-state index is 0.0322. The van der Waals surface area contributed by atoms with Crippen molar-refractivity contribution in [3.63, 3.8) is 0 Å². The molecule has 1 aromatic rings. The monoisotopic (exact) mass is 458 g/mol. The van der Waals surface area contributed by atoms with Crippen molar-refractivity contribution in [2.45, 2.75) is 31.8 Å². The van der Waals surface area contributed by atoms with Crippen molar-refractivity contribution in [1.82, 2.24) is 10.2 Å². The van der Waals surface area contributed by atoms with E-state index < -0.39 is 17.9 Å². The van der Waals surface area contributed by atoms with Crippen LogP contribution in [0.3, 0.4) is 0 Å². The van der Waals surface area contributed by atoms with Crippen LogP contribution >= 0.6 is 0 Å². The number of carbonyl (C=O) groups is 4. The second-order valence-electron chi connectivity index (χ2n) is 7.45. The van der Waals surface area contributed by atoms with Crippen molar-refractivity contribution in [1.29, 1.82) is 0 Å². The van der Waals surface area contributed by atoms with E-state index in [9.17, 15) is 19.2 Å². The summed E-state index contributed by atoms with van der Waals surface area (Å²) >= 11 is 0. The first-order chi connectivity index (χ1) is 16.0. The van der Waals surface area contributed by atoms with Gasteiger partial charge in [0.15, 0.2) is 0 Å². The van der Waals surface area contributed by atoms with Gasteiger partial charge in [0.1, 0.15) is 12.6 Å². The van der Waals surface area contributed by atoms with Crippen LogP contribution in [-0.4, -0.2) is 79.4 Å². The van der Waals surface area contributed by atoms with Gasteiger partial charge in [-0.1, -0.05) is 17.9 Å². The molecule has 10 nitrogen and oxygen atoms in total. The highest BCUT2D eigenvalue weighted by molar-refractivity contribution is 6.05. The van der Waals surface area contributed by atoms with E-state index in [1.807, 2.05) is 6.07 Å². The van der Waals surface area contributed by atoms with Crippen molar-refractivity contribution in [2.24, 2.45) is 0 Å². The Morgan fingerprint density at radius 1 is 1.09 bits per heavy atom. The summed E-state index contributed by atoms with van der Waals surface area (Å²) in [6.45, 7) is 1.99. The number of piperidine rings is 1. The minimum Gasteiger partial charge on any atom is -0.481 e. The molecule has 0 aliphatic carbocycles. The van der Waals surface area contributed by atoms with Gasteiger partial charge in [0.05, 0.1) is 39.5 Å². The fraction of sp³-hybridized carbons (Fsp3) is 0.478. The number of rotatable bonds is 11. The molecule has 1 aromatic carbocycles. The van der Waals surface area contributed by atoms with Crippen molar-refractivity contribution in [2.75, 3.05) is 39.6 Å². The number of fused-ring (bicyclic) bond motifs is 1. The number of hydrogen-bond acceptors (Lipinski definition) is 7. The molecule has 1 saturated heterocycles. The molecule has 3 rings (SSSR count). The van der Waals surface area contributed by atoms with Crippen LogP contribution in [0.15, 0.2) is 18.2 Å². The van der Waals surface area contributed by atoms with Gasteiger partial charge in [0, 0.05) is 24.1 Å². The summed E-state index contributed by atoms with van der Waals surface area (Å²) in [5.74, 6) is 4.05. The maximum Gasteiger partial charge on any atom is 0.305 e. The van der Waals surface area contributed by atoms with Gasteiger partial charge < -0.3 is 24.2 Å². The summed E-state index contributed by atoms with van der Waals surface area (Å²) in [5, 5.41) is 10.8. The third-order valence-corrected chi connectivity index (χ3v) is 5.18. The third-order valence-electron chi connectivity index (χ3n) is 5.18. The Morgan fingerprint density at radius 3 is 2.55 bits per heavy atom. The molecule has 2 aliphatic rings. The molecule has 176 valence electrons. The van der Waals surface area contributed by atoms with Gasteiger partial charge in [-0.25, -0.2) is 0 Å². The molecule has 2 N–H and O–H groups in total. The third kappa shape index (κ3) is 6.86. The first-order valence-corrected chi connectivity index (χ1v) is 10.7. The highest BCUT2D eigenvalue weighted by Gasteiger charge is 2.39. The molecular formula is C23H26N2O8. The highest BCUT2D eigenvalue weighted by atomic mass is 16.5. The normalized spacial score (nSPS) is 17.4. The molecule has 0 spiro atoms. The van der Waals surface area contributed by atoms with E-state index in [1.165, 1.54) is 4.90 Å². The van der Waals surface area contributed by atoms with Crippen molar-refractivity contribution in [3.8, 4) is 11.8 Å². The largest absolute Gasteiger partial charge is 0.481 e. The Hall–Kier alpha value is -3.26. The van der Waals surface area contributed by atoms with Gasteiger partial charge in [-0.2, -0.15) is 0 Å². The predicted molar refractivity (Wildman–Crippen MR) is 114 cm³/mol. The van der Waals surface area contributed by atoms with Gasteiger partial charge in [-0.15, -0.1) is 0 Å². The van der Waals surface area contributed by atoms with Crippen molar-refractivity contribution >= 4 is 23.7 Å². The molecule has 2 heterocycles. The van der Waals surface area contributed by atoms with Crippen molar-refractivity contribution < 1.29 is 38.5 Å². The maximum atomic E-state index is 12.8. The van der Waals surface area contributed by atoms with E-state index in [4.69, 9.17) is 19.3 Å². The maximum absolute atomic E-state index is 12.8. The molecule has 3 amide bonds. The number of ether oxygens (including phenoxy) is 3. The fourth-order valence-corrected chi connectivity index (χ4v) is 3.56. The van der Waals surface area contributed by atoms with E-state index in [0.717, 1.165) is 5.56 Å². The van der Waals surface area contributed by atoms with Crippen LogP contribution < -0.4 is 5.32 Å². The van der Waals surface area contributed by atoms with Crippen LogP contribution in [0.5, 0.6) is 0 Å². The molecule has 33 heavy (non-hydrogen) atoms. The zero-order valence-electron chi connectivity index (χ0n) is 18.1. The summed E-state index contributed by atoms with van der Waals surface area (Å²) in [4.78, 5) is 48.2. The Labute approximate surface area is 191 Å². The topological polar surface area (TPSA) is 131 Å². The Bertz CT molecular complexity index is 965. The van der Waals surface area contributed by atoms with Gasteiger partial charge in [0.25, 0.3) is 5.91 Å². The molecule has 1 atom stereocenters. The Kier molecular flexibility index (Phi) is 8.95. The summed E-state index contributed by atoms with van der Waals surface area (Å²) in [5.41, 5.74) is 1.99. The molecule has 0 saturated carbocycles. The summed E-state index contributed by atoms with van der Waals surface area (Å²) in [7, 11) is 0. The number of nitrogens with one attached hydrogen (secondary N) is 1. The number of amides is 3. The Morgan fingerprint density at radius 2 is 1.82 bits per heavy atom. The first-order valence-electron chi connectivity index (χ1n) is 10.7. The number of carbonyl (C=O) groups excluding carboxylic acids is 3. The van der Waals surface area contributed by atoms with Crippen LogP contribution in [0.2, 0.25) is 0 Å². The van der Waals surface area contributed by atoms with Gasteiger partial charge in [-0.05, 0) is 24.1 Å². The van der Waals surface area contributed by atoms with E-state index >= 15 is 0 Å². The average molecular weight is 458 g/mol. The number of nitrogens with zero attached hydrogens (tertiary/aromatic N) is 1. The minimum atomic E-state index is -0.899. The fourth-order valence-electron chi connectivity index (χ4n) is 3.56. The van der Waals surface area contributed by atoms with Gasteiger partial charge in [-0.3, -0.25) is 24.5 Å². The lowest BCUT2D eigenvalue weighted by molar-refractivity contribution is -0.139. The molecule has 2 aliphatic heterocycles. The molecule has 0 radical (unpaired) electrons. The molecule has 1 fully saturated rings. The first kappa shape index (κ1) is 24.4. The van der Waals surface area contributed by atoms with Crippen LogP contribution in [-0.2, 0) is 35.1 Å². The number of aliphatic carboxylic acids is 1. The molecule has 0 bridgehead atoms. The Balaban J connectivity index is 1.41. The highest BCUT2D eigenvalue weighted by Crippen LogP contribution is 2.29. The second kappa shape index (κ2) is 12.1. The van der Waals surface area contributed by atoms with Gasteiger partial charge in [0.2, 0.25) is 11.8 Å². The lowest BCUT2D eigenvalue weighted by atomic mass is 10.0. The predicted octanol–water partition coefficient (Wildman–Crippen LogP) is 0.324. The quantitative estimate of drug-likeness (QED) is 0.275. The van der Waals surface area contributed by atoms with E-state index in [2.05, 4.69) is 17.2 Å². The van der Waals surface area contributed by atoms with E-state index in [-0.39, 0.29) is 44.4 Å². The molecular weight excluding hydrogens is 432 g/mol.